The molecule has 1 saturated carbocycles. The molecule has 3 nitrogen and oxygen atoms in total. The van der Waals surface area contributed by atoms with Gasteiger partial charge in [-0.25, -0.2) is 0 Å². The maximum Gasteiger partial charge on any atom is 0.225 e. The van der Waals surface area contributed by atoms with Crippen LogP contribution in [-0.2, 0) is 4.79 Å². The Balaban J connectivity index is 1.98. The minimum absolute atomic E-state index is 0.226. The largest absolute Gasteiger partial charge is 0.342 e. The Morgan fingerprint density at radius 1 is 1.32 bits per heavy atom. The lowest BCUT2D eigenvalue weighted by atomic mass is 9.77. The zero-order valence-corrected chi connectivity index (χ0v) is 12.8. The van der Waals surface area contributed by atoms with Gasteiger partial charge in [0.05, 0.1) is 0 Å². The number of rotatable bonds is 3. The van der Waals surface area contributed by atoms with E-state index in [9.17, 15) is 4.79 Å². The summed E-state index contributed by atoms with van der Waals surface area (Å²) in [6, 6.07) is 0.308. The van der Waals surface area contributed by atoms with Gasteiger partial charge in [0.25, 0.3) is 0 Å². The van der Waals surface area contributed by atoms with Gasteiger partial charge in [-0.1, -0.05) is 20.8 Å². The minimum atomic E-state index is 0.226. The van der Waals surface area contributed by atoms with Gasteiger partial charge < -0.3 is 10.6 Å². The summed E-state index contributed by atoms with van der Waals surface area (Å²) < 4.78 is 0. The van der Waals surface area contributed by atoms with Gasteiger partial charge in [-0.3, -0.25) is 4.79 Å². The van der Waals surface area contributed by atoms with Gasteiger partial charge in [-0.15, -0.1) is 0 Å². The SMILES string of the molecule is CCC1(CC)CCN(C(=O)C2CCC(N)CC2C)C1. The molecule has 3 unspecified atom stereocenters. The molecule has 3 atom stereocenters. The first kappa shape index (κ1) is 14.8. The molecule has 2 N–H and O–H groups in total. The predicted octanol–water partition coefficient (Wildman–Crippen LogP) is 2.79. The second-order valence-electron chi connectivity index (χ2n) is 6.87. The Kier molecular flexibility index (Phi) is 4.54. The Bertz CT molecular complexity index is 325. The highest BCUT2D eigenvalue weighted by Crippen LogP contribution is 2.39. The third-order valence-electron chi connectivity index (χ3n) is 5.78. The summed E-state index contributed by atoms with van der Waals surface area (Å²) in [5.74, 6) is 1.09. The van der Waals surface area contributed by atoms with E-state index < -0.39 is 0 Å². The summed E-state index contributed by atoms with van der Waals surface area (Å²) in [5.41, 5.74) is 6.40. The second-order valence-corrected chi connectivity index (χ2v) is 6.87. The molecule has 0 aromatic heterocycles. The van der Waals surface area contributed by atoms with Crippen LogP contribution in [-0.4, -0.2) is 29.9 Å². The third-order valence-corrected chi connectivity index (χ3v) is 5.78. The first-order chi connectivity index (χ1) is 9.01. The number of carbonyl (C=O) groups is 1. The number of carbonyl (C=O) groups excluding carboxylic acids is 1. The van der Waals surface area contributed by atoms with Crippen LogP contribution in [0, 0.1) is 17.3 Å². The molecule has 1 aliphatic carbocycles. The van der Waals surface area contributed by atoms with Gasteiger partial charge in [0.1, 0.15) is 0 Å². The lowest BCUT2D eigenvalue weighted by molar-refractivity contribution is -0.137. The molecule has 2 fully saturated rings. The average molecular weight is 266 g/mol. The molecule has 19 heavy (non-hydrogen) atoms. The van der Waals surface area contributed by atoms with Gasteiger partial charge in [-0.2, -0.15) is 0 Å². The fraction of sp³-hybridized carbons (Fsp3) is 0.938. The van der Waals surface area contributed by atoms with E-state index in [1.165, 1.54) is 19.3 Å². The Hall–Kier alpha value is -0.570. The fourth-order valence-electron chi connectivity index (χ4n) is 3.99. The van der Waals surface area contributed by atoms with Gasteiger partial charge in [0.15, 0.2) is 0 Å². The van der Waals surface area contributed by atoms with E-state index >= 15 is 0 Å². The molecule has 110 valence electrons. The molecule has 0 spiro atoms. The van der Waals surface area contributed by atoms with Crippen LogP contribution in [0.3, 0.4) is 0 Å². The second kappa shape index (κ2) is 5.82. The Labute approximate surface area is 117 Å². The van der Waals surface area contributed by atoms with E-state index in [4.69, 9.17) is 5.73 Å². The topological polar surface area (TPSA) is 46.3 Å². The summed E-state index contributed by atoms with van der Waals surface area (Å²) in [6.45, 7) is 8.67. The number of nitrogens with two attached hydrogens (primary N) is 1. The van der Waals surface area contributed by atoms with Crippen molar-refractivity contribution in [2.24, 2.45) is 23.0 Å². The van der Waals surface area contributed by atoms with Crippen molar-refractivity contribution in [3.8, 4) is 0 Å². The molecule has 2 rings (SSSR count). The summed E-state index contributed by atoms with van der Waals surface area (Å²) in [6.07, 6.45) is 6.59. The minimum Gasteiger partial charge on any atom is -0.342 e. The smallest absolute Gasteiger partial charge is 0.225 e. The number of hydrogen-bond donors (Lipinski definition) is 1. The average Bonchev–Trinajstić information content (AvgIpc) is 2.83. The summed E-state index contributed by atoms with van der Waals surface area (Å²) in [5, 5.41) is 0. The zero-order valence-electron chi connectivity index (χ0n) is 12.8. The first-order valence-electron chi connectivity index (χ1n) is 8.05. The van der Waals surface area contributed by atoms with Crippen molar-refractivity contribution in [1.82, 2.24) is 4.90 Å². The van der Waals surface area contributed by atoms with E-state index in [-0.39, 0.29) is 5.92 Å². The summed E-state index contributed by atoms with van der Waals surface area (Å²) >= 11 is 0. The Morgan fingerprint density at radius 3 is 2.53 bits per heavy atom. The van der Waals surface area contributed by atoms with Gasteiger partial charge in [-0.05, 0) is 49.9 Å². The molecule has 2 aliphatic rings. The van der Waals surface area contributed by atoms with Crippen molar-refractivity contribution in [3.63, 3.8) is 0 Å². The monoisotopic (exact) mass is 266 g/mol. The molecule has 1 heterocycles. The molecular weight excluding hydrogens is 236 g/mol. The van der Waals surface area contributed by atoms with Crippen molar-refractivity contribution >= 4 is 5.91 Å². The van der Waals surface area contributed by atoms with Crippen molar-refractivity contribution in [2.75, 3.05) is 13.1 Å². The lowest BCUT2D eigenvalue weighted by Crippen LogP contribution is -2.42. The molecule has 0 radical (unpaired) electrons. The van der Waals surface area contributed by atoms with Crippen molar-refractivity contribution in [2.45, 2.75) is 65.3 Å². The number of likely N-dealkylation sites (tertiary alicyclic amines) is 1. The van der Waals surface area contributed by atoms with E-state index in [2.05, 4.69) is 25.7 Å². The number of hydrogen-bond acceptors (Lipinski definition) is 2. The van der Waals surface area contributed by atoms with E-state index in [1.807, 2.05) is 0 Å². The van der Waals surface area contributed by atoms with E-state index in [1.54, 1.807) is 0 Å². The lowest BCUT2D eigenvalue weighted by Gasteiger charge is -2.34. The standard InChI is InChI=1S/C16H30N2O/c1-4-16(5-2)8-9-18(11-16)15(19)14-7-6-13(17)10-12(14)3/h12-14H,4-11,17H2,1-3H3. The molecule has 1 aliphatic heterocycles. The molecular formula is C16H30N2O. The van der Waals surface area contributed by atoms with Crippen LogP contribution >= 0.6 is 0 Å². The van der Waals surface area contributed by atoms with E-state index in [0.29, 0.717) is 23.3 Å². The highest BCUT2D eigenvalue weighted by Gasteiger charge is 2.40. The maximum absolute atomic E-state index is 12.7. The number of amides is 1. The zero-order chi connectivity index (χ0) is 14.0. The van der Waals surface area contributed by atoms with Crippen molar-refractivity contribution in [1.29, 1.82) is 0 Å². The van der Waals surface area contributed by atoms with Crippen molar-refractivity contribution < 1.29 is 4.79 Å². The van der Waals surface area contributed by atoms with Gasteiger partial charge >= 0.3 is 0 Å². The molecule has 0 aromatic rings. The normalized spacial score (nSPS) is 34.5. The maximum atomic E-state index is 12.7. The third kappa shape index (κ3) is 2.96. The quantitative estimate of drug-likeness (QED) is 0.854. The molecule has 1 saturated heterocycles. The highest BCUT2D eigenvalue weighted by atomic mass is 16.2. The first-order valence-corrected chi connectivity index (χ1v) is 8.05. The predicted molar refractivity (Wildman–Crippen MR) is 78.7 cm³/mol. The van der Waals surface area contributed by atoms with Crippen molar-refractivity contribution in [3.05, 3.63) is 0 Å². The van der Waals surface area contributed by atoms with Crippen LogP contribution in [0.25, 0.3) is 0 Å². The van der Waals surface area contributed by atoms with E-state index in [0.717, 1.165) is 32.4 Å². The van der Waals surface area contributed by atoms with Crippen LogP contribution in [0.5, 0.6) is 0 Å². The number of nitrogens with zero attached hydrogens (tertiary/aromatic N) is 1. The molecule has 0 aromatic carbocycles. The summed E-state index contributed by atoms with van der Waals surface area (Å²) in [4.78, 5) is 14.9. The molecule has 0 bridgehead atoms. The highest BCUT2D eigenvalue weighted by molar-refractivity contribution is 5.79. The van der Waals surface area contributed by atoms with Crippen LogP contribution in [0.15, 0.2) is 0 Å². The summed E-state index contributed by atoms with van der Waals surface area (Å²) in [7, 11) is 0. The van der Waals surface area contributed by atoms with Crippen LogP contribution in [0.2, 0.25) is 0 Å². The van der Waals surface area contributed by atoms with Crippen LogP contribution < -0.4 is 5.73 Å². The van der Waals surface area contributed by atoms with Crippen LogP contribution in [0.4, 0.5) is 0 Å². The Morgan fingerprint density at radius 2 is 2.00 bits per heavy atom. The molecule has 3 heteroatoms. The van der Waals surface area contributed by atoms with Crippen LogP contribution in [0.1, 0.15) is 59.3 Å². The van der Waals surface area contributed by atoms with Gasteiger partial charge in [0, 0.05) is 25.0 Å². The molecule has 1 amide bonds. The fourth-order valence-corrected chi connectivity index (χ4v) is 3.99. The van der Waals surface area contributed by atoms with Gasteiger partial charge in [0.2, 0.25) is 5.91 Å².